The Hall–Kier alpha value is -2.64. The molecule has 8 heteroatoms. The minimum absolute atomic E-state index is 0.365. The molecule has 152 valence electrons. The Labute approximate surface area is 175 Å². The maximum atomic E-state index is 6.03. The van der Waals surface area contributed by atoms with E-state index in [0.29, 0.717) is 17.9 Å². The lowest BCUT2D eigenvalue weighted by Gasteiger charge is -2.38. The number of pyridine rings is 1. The van der Waals surface area contributed by atoms with Crippen molar-refractivity contribution >= 4 is 23.5 Å². The predicted octanol–water partition coefficient (Wildman–Crippen LogP) is 3.15. The van der Waals surface area contributed by atoms with Crippen molar-refractivity contribution in [3.05, 3.63) is 64.9 Å². The highest BCUT2D eigenvalue weighted by Gasteiger charge is 2.26. The molecule has 2 aromatic heterocycles. The molecule has 0 saturated carbocycles. The van der Waals surface area contributed by atoms with E-state index in [1.54, 1.807) is 0 Å². The van der Waals surface area contributed by atoms with Crippen LogP contribution in [0.3, 0.4) is 0 Å². The van der Waals surface area contributed by atoms with Gasteiger partial charge < -0.3 is 10.6 Å². The van der Waals surface area contributed by atoms with Crippen molar-refractivity contribution in [2.75, 3.05) is 30.3 Å². The largest absolute Gasteiger partial charge is 0.368 e. The molecular weight excluding hydrogens is 386 g/mol. The zero-order valence-corrected chi connectivity index (χ0v) is 17.1. The number of rotatable bonds is 7. The smallest absolute Gasteiger partial charge is 0.246 e. The number of aromatic nitrogens is 4. The molecule has 4 rings (SSSR count). The molecule has 1 aromatic carbocycles. The molecule has 29 heavy (non-hydrogen) atoms. The van der Waals surface area contributed by atoms with Crippen LogP contribution in [-0.4, -0.2) is 50.7 Å². The van der Waals surface area contributed by atoms with Crippen molar-refractivity contribution in [1.29, 1.82) is 0 Å². The molecular formula is C21H26ClN7. The van der Waals surface area contributed by atoms with Crippen LogP contribution in [0.25, 0.3) is 0 Å². The van der Waals surface area contributed by atoms with Gasteiger partial charge in [0.25, 0.3) is 0 Å². The number of nitrogens with two attached hydrogens (primary N) is 1. The van der Waals surface area contributed by atoms with Crippen LogP contribution < -0.4 is 10.6 Å². The van der Waals surface area contributed by atoms with Crippen molar-refractivity contribution in [3.8, 4) is 0 Å². The summed E-state index contributed by atoms with van der Waals surface area (Å²) in [6, 6.07) is 12.9. The average molecular weight is 412 g/mol. The van der Waals surface area contributed by atoms with E-state index in [-0.39, 0.29) is 0 Å². The predicted molar refractivity (Wildman–Crippen MR) is 116 cm³/mol. The SMILES string of the molecule is Nc1nc(N2CCC(N(CCc3ccc(Cl)cc3)Cc3ccncc3)CC2)n[nH]1. The van der Waals surface area contributed by atoms with Gasteiger partial charge in [-0.3, -0.25) is 9.88 Å². The molecule has 0 amide bonds. The zero-order valence-electron chi connectivity index (χ0n) is 16.3. The number of anilines is 2. The van der Waals surface area contributed by atoms with Gasteiger partial charge in [-0.05, 0) is 54.7 Å². The number of hydrogen-bond acceptors (Lipinski definition) is 6. The molecule has 3 N–H and O–H groups in total. The van der Waals surface area contributed by atoms with Crippen molar-refractivity contribution in [2.45, 2.75) is 31.8 Å². The zero-order chi connectivity index (χ0) is 20.1. The van der Waals surface area contributed by atoms with Gasteiger partial charge >= 0.3 is 0 Å². The minimum Gasteiger partial charge on any atom is -0.368 e. The van der Waals surface area contributed by atoms with Crippen LogP contribution in [0.2, 0.25) is 5.02 Å². The van der Waals surface area contributed by atoms with Gasteiger partial charge in [0.15, 0.2) is 0 Å². The maximum absolute atomic E-state index is 6.03. The Morgan fingerprint density at radius 3 is 2.45 bits per heavy atom. The summed E-state index contributed by atoms with van der Waals surface area (Å²) in [5, 5.41) is 7.70. The van der Waals surface area contributed by atoms with Crippen molar-refractivity contribution in [3.63, 3.8) is 0 Å². The molecule has 0 radical (unpaired) electrons. The summed E-state index contributed by atoms with van der Waals surface area (Å²) >= 11 is 6.03. The lowest BCUT2D eigenvalue weighted by atomic mass is 10.0. The van der Waals surface area contributed by atoms with Crippen LogP contribution in [0.5, 0.6) is 0 Å². The van der Waals surface area contributed by atoms with E-state index in [1.807, 2.05) is 24.5 Å². The second-order valence-electron chi connectivity index (χ2n) is 7.44. The second kappa shape index (κ2) is 9.24. The molecule has 1 fully saturated rings. The standard InChI is InChI=1S/C21H26ClN7/c22-18-3-1-16(2-4-18)7-12-29(15-17-5-10-24-11-6-17)19-8-13-28(14-9-19)21-25-20(23)26-27-21/h1-6,10-11,19H,7-9,12-15H2,(H3,23,25,26,27). The number of nitrogens with one attached hydrogen (secondary N) is 1. The first-order valence-electron chi connectivity index (χ1n) is 9.97. The van der Waals surface area contributed by atoms with E-state index in [4.69, 9.17) is 17.3 Å². The molecule has 0 bridgehead atoms. The minimum atomic E-state index is 0.365. The van der Waals surface area contributed by atoms with Crippen LogP contribution in [0.15, 0.2) is 48.8 Å². The van der Waals surface area contributed by atoms with Gasteiger partial charge in [-0.1, -0.05) is 23.7 Å². The van der Waals surface area contributed by atoms with Crippen LogP contribution >= 0.6 is 11.6 Å². The van der Waals surface area contributed by atoms with Gasteiger partial charge in [0.05, 0.1) is 0 Å². The molecule has 3 heterocycles. The van der Waals surface area contributed by atoms with E-state index in [1.165, 1.54) is 11.1 Å². The second-order valence-corrected chi connectivity index (χ2v) is 7.88. The van der Waals surface area contributed by atoms with Crippen molar-refractivity contribution in [2.24, 2.45) is 0 Å². The summed E-state index contributed by atoms with van der Waals surface area (Å²) in [5.41, 5.74) is 8.27. The highest BCUT2D eigenvalue weighted by Crippen LogP contribution is 2.22. The third kappa shape index (κ3) is 5.25. The average Bonchev–Trinajstić information content (AvgIpc) is 3.19. The molecule has 1 saturated heterocycles. The van der Waals surface area contributed by atoms with E-state index in [0.717, 1.165) is 50.5 Å². The number of nitrogen functional groups attached to an aromatic ring is 1. The van der Waals surface area contributed by atoms with E-state index in [9.17, 15) is 0 Å². The van der Waals surface area contributed by atoms with Crippen LogP contribution in [0, 0.1) is 0 Å². The summed E-state index contributed by atoms with van der Waals surface area (Å²) in [7, 11) is 0. The van der Waals surface area contributed by atoms with E-state index < -0.39 is 0 Å². The van der Waals surface area contributed by atoms with Crippen LogP contribution in [-0.2, 0) is 13.0 Å². The van der Waals surface area contributed by atoms with Gasteiger partial charge in [-0.15, -0.1) is 5.10 Å². The summed E-state index contributed by atoms with van der Waals surface area (Å²) in [6.45, 7) is 3.78. The molecule has 3 aromatic rings. The van der Waals surface area contributed by atoms with E-state index in [2.05, 4.69) is 54.2 Å². The number of halogens is 1. The number of aromatic amines is 1. The Morgan fingerprint density at radius 2 is 1.79 bits per heavy atom. The molecule has 0 atom stereocenters. The number of piperidine rings is 1. The van der Waals surface area contributed by atoms with Gasteiger partial charge in [0.2, 0.25) is 11.9 Å². The Kier molecular flexibility index (Phi) is 6.27. The third-order valence-corrected chi connectivity index (χ3v) is 5.74. The Balaban J connectivity index is 1.41. The Morgan fingerprint density at radius 1 is 1.07 bits per heavy atom. The molecule has 7 nitrogen and oxygen atoms in total. The number of hydrogen-bond donors (Lipinski definition) is 2. The summed E-state index contributed by atoms with van der Waals surface area (Å²) in [5.74, 6) is 1.06. The maximum Gasteiger partial charge on any atom is 0.246 e. The normalized spacial score (nSPS) is 15.2. The highest BCUT2D eigenvalue weighted by atomic mass is 35.5. The fourth-order valence-electron chi connectivity index (χ4n) is 3.87. The first-order valence-corrected chi connectivity index (χ1v) is 10.4. The van der Waals surface area contributed by atoms with Crippen LogP contribution in [0.4, 0.5) is 11.9 Å². The topological polar surface area (TPSA) is 87.0 Å². The quantitative estimate of drug-likeness (QED) is 0.621. The highest BCUT2D eigenvalue weighted by molar-refractivity contribution is 6.30. The first-order chi connectivity index (χ1) is 14.2. The molecule has 0 unspecified atom stereocenters. The van der Waals surface area contributed by atoms with Crippen molar-refractivity contribution in [1.82, 2.24) is 25.1 Å². The molecule has 1 aliphatic heterocycles. The first kappa shape index (κ1) is 19.7. The fourth-order valence-corrected chi connectivity index (χ4v) is 4.00. The van der Waals surface area contributed by atoms with Crippen molar-refractivity contribution < 1.29 is 0 Å². The molecule has 1 aliphatic rings. The van der Waals surface area contributed by atoms with Gasteiger partial charge in [0.1, 0.15) is 0 Å². The Bertz CT molecular complexity index is 889. The third-order valence-electron chi connectivity index (χ3n) is 5.49. The number of nitrogens with zero attached hydrogens (tertiary/aromatic N) is 5. The monoisotopic (exact) mass is 411 g/mol. The van der Waals surface area contributed by atoms with Gasteiger partial charge in [-0.2, -0.15) is 4.98 Å². The summed E-state index contributed by atoms with van der Waals surface area (Å²) < 4.78 is 0. The fraction of sp³-hybridized carbons (Fsp3) is 0.381. The molecule has 0 aliphatic carbocycles. The lowest BCUT2D eigenvalue weighted by molar-refractivity contribution is 0.162. The van der Waals surface area contributed by atoms with E-state index >= 15 is 0 Å². The van der Waals surface area contributed by atoms with Gasteiger partial charge in [-0.25, -0.2) is 5.10 Å². The summed E-state index contributed by atoms with van der Waals surface area (Å²) in [6.07, 6.45) is 6.87. The van der Waals surface area contributed by atoms with Crippen LogP contribution in [0.1, 0.15) is 24.0 Å². The van der Waals surface area contributed by atoms with Gasteiger partial charge in [0, 0.05) is 49.6 Å². The lowest BCUT2D eigenvalue weighted by Crippen LogP contribution is -2.45. The molecule has 0 spiro atoms. The number of H-pyrrole nitrogens is 1. The number of benzene rings is 1. The summed E-state index contributed by atoms with van der Waals surface area (Å²) in [4.78, 5) is 13.2.